The zero-order chi connectivity index (χ0) is 21.5. The number of carbonyl (C=O) groups is 1. The number of amides is 1. The Bertz CT molecular complexity index is 1260. The molecule has 4 aromatic rings. The largest absolute Gasteiger partial charge is 0.443 e. The van der Waals surface area contributed by atoms with Crippen LogP contribution in [0.25, 0.3) is 11.1 Å². The van der Waals surface area contributed by atoms with Crippen LogP contribution in [0.1, 0.15) is 57.8 Å². The van der Waals surface area contributed by atoms with E-state index < -0.39 is 0 Å². The summed E-state index contributed by atoms with van der Waals surface area (Å²) in [5.74, 6) is 0.818. The molecule has 0 N–H and O–H groups in total. The normalized spacial score (nSPS) is 16.4. The van der Waals surface area contributed by atoms with Gasteiger partial charge in [-0.2, -0.15) is 0 Å². The summed E-state index contributed by atoms with van der Waals surface area (Å²) in [7, 11) is 0. The standard InChI is InChI=1S/C23H21FN4O3/c1-13-10-18(20-14(2)27-31-22(20)26-13)23(29)28-9-3-4-19(28)21-25-12-17(30-21)11-15-5-7-16(24)8-6-15/h5-8,10,12,19H,3-4,9,11H2,1-2H3/t19-/m1/s1. The maximum atomic E-state index is 13.5. The lowest BCUT2D eigenvalue weighted by atomic mass is 10.1. The summed E-state index contributed by atoms with van der Waals surface area (Å²) in [5, 5.41) is 4.61. The molecular weight excluding hydrogens is 399 g/mol. The highest BCUT2D eigenvalue weighted by Crippen LogP contribution is 2.34. The number of oxazole rings is 1. The zero-order valence-electron chi connectivity index (χ0n) is 17.3. The average Bonchev–Trinajstić information content (AvgIpc) is 3.49. The SMILES string of the molecule is Cc1cc(C(=O)N2CCC[C@@H]2c2ncc(Cc3ccc(F)cc3)o2)c2c(C)noc2n1. The topological polar surface area (TPSA) is 85.3 Å². The van der Waals surface area contributed by atoms with Crippen LogP contribution in [0.4, 0.5) is 4.39 Å². The number of aromatic nitrogens is 3. The second-order valence-electron chi connectivity index (χ2n) is 7.88. The summed E-state index contributed by atoms with van der Waals surface area (Å²) >= 11 is 0. The van der Waals surface area contributed by atoms with E-state index in [0.29, 0.717) is 52.7 Å². The van der Waals surface area contributed by atoms with E-state index in [4.69, 9.17) is 8.94 Å². The third kappa shape index (κ3) is 3.58. The van der Waals surface area contributed by atoms with Gasteiger partial charge in [0.1, 0.15) is 17.6 Å². The molecule has 4 heterocycles. The molecule has 158 valence electrons. The number of aryl methyl sites for hydroxylation is 2. The van der Waals surface area contributed by atoms with Crippen molar-refractivity contribution >= 4 is 17.0 Å². The molecule has 0 saturated carbocycles. The van der Waals surface area contributed by atoms with Crippen molar-refractivity contribution in [1.82, 2.24) is 20.0 Å². The van der Waals surface area contributed by atoms with Crippen LogP contribution in [0.3, 0.4) is 0 Å². The Kier molecular flexibility index (Phi) is 4.77. The molecule has 1 amide bonds. The Morgan fingerprint density at radius 3 is 2.87 bits per heavy atom. The summed E-state index contributed by atoms with van der Waals surface area (Å²) in [6.07, 6.45) is 3.83. The fourth-order valence-electron chi connectivity index (χ4n) is 4.17. The number of halogens is 1. The highest BCUT2D eigenvalue weighted by Gasteiger charge is 2.35. The molecule has 1 aliphatic rings. The van der Waals surface area contributed by atoms with E-state index in [9.17, 15) is 9.18 Å². The minimum Gasteiger partial charge on any atom is -0.443 e. The van der Waals surface area contributed by atoms with Gasteiger partial charge in [0.05, 0.1) is 22.8 Å². The van der Waals surface area contributed by atoms with Crippen LogP contribution in [0, 0.1) is 19.7 Å². The summed E-state index contributed by atoms with van der Waals surface area (Å²) < 4.78 is 24.4. The predicted molar refractivity (Wildman–Crippen MR) is 110 cm³/mol. The number of fused-ring (bicyclic) bond motifs is 1. The summed E-state index contributed by atoms with van der Waals surface area (Å²) in [4.78, 5) is 24.1. The Labute approximate surface area is 177 Å². The van der Waals surface area contributed by atoms with Crippen molar-refractivity contribution in [1.29, 1.82) is 0 Å². The summed E-state index contributed by atoms with van der Waals surface area (Å²) in [5.41, 5.74) is 3.17. The van der Waals surface area contributed by atoms with E-state index in [0.717, 1.165) is 18.4 Å². The third-order valence-electron chi connectivity index (χ3n) is 5.64. The minimum absolute atomic E-state index is 0.109. The molecular formula is C23H21FN4O3. The van der Waals surface area contributed by atoms with Crippen molar-refractivity contribution in [2.45, 2.75) is 39.2 Å². The van der Waals surface area contributed by atoms with Crippen molar-refractivity contribution in [2.24, 2.45) is 0 Å². The number of benzene rings is 1. The van der Waals surface area contributed by atoms with Crippen LogP contribution >= 0.6 is 0 Å². The van der Waals surface area contributed by atoms with Gasteiger partial charge in [0, 0.05) is 18.7 Å². The lowest BCUT2D eigenvalue weighted by Gasteiger charge is -2.22. The van der Waals surface area contributed by atoms with Crippen LogP contribution < -0.4 is 0 Å². The maximum Gasteiger partial charge on any atom is 0.258 e. The fourth-order valence-corrected chi connectivity index (χ4v) is 4.17. The van der Waals surface area contributed by atoms with E-state index in [1.54, 1.807) is 36.2 Å². The molecule has 3 aromatic heterocycles. The Morgan fingerprint density at radius 2 is 2.06 bits per heavy atom. The van der Waals surface area contributed by atoms with Crippen molar-refractivity contribution in [3.8, 4) is 0 Å². The van der Waals surface area contributed by atoms with Crippen LogP contribution in [0.2, 0.25) is 0 Å². The second kappa shape index (κ2) is 7.61. The molecule has 0 unspecified atom stereocenters. The zero-order valence-corrected chi connectivity index (χ0v) is 17.3. The molecule has 1 aliphatic heterocycles. The van der Waals surface area contributed by atoms with Gasteiger partial charge in [-0.25, -0.2) is 14.4 Å². The molecule has 0 radical (unpaired) electrons. The van der Waals surface area contributed by atoms with E-state index >= 15 is 0 Å². The number of nitrogens with zero attached hydrogens (tertiary/aromatic N) is 4. The first-order valence-electron chi connectivity index (χ1n) is 10.2. The van der Waals surface area contributed by atoms with Crippen LogP contribution in [0.5, 0.6) is 0 Å². The minimum atomic E-state index is -0.273. The Hall–Kier alpha value is -3.55. The van der Waals surface area contributed by atoms with Gasteiger partial charge in [-0.1, -0.05) is 17.3 Å². The van der Waals surface area contributed by atoms with Crippen molar-refractivity contribution in [3.63, 3.8) is 0 Å². The molecule has 0 aliphatic carbocycles. The molecule has 1 aromatic carbocycles. The number of carbonyl (C=O) groups excluding carboxylic acids is 1. The van der Waals surface area contributed by atoms with Gasteiger partial charge in [0.2, 0.25) is 5.89 Å². The van der Waals surface area contributed by atoms with Crippen molar-refractivity contribution < 1.29 is 18.1 Å². The van der Waals surface area contributed by atoms with Gasteiger partial charge < -0.3 is 13.8 Å². The van der Waals surface area contributed by atoms with Gasteiger partial charge in [-0.05, 0) is 50.5 Å². The average molecular weight is 420 g/mol. The predicted octanol–water partition coefficient (Wildman–Crippen LogP) is 4.53. The number of pyridine rings is 1. The Morgan fingerprint density at radius 1 is 1.26 bits per heavy atom. The van der Waals surface area contributed by atoms with E-state index in [-0.39, 0.29) is 17.8 Å². The number of hydrogen-bond donors (Lipinski definition) is 0. The first-order valence-corrected chi connectivity index (χ1v) is 10.2. The van der Waals surface area contributed by atoms with Crippen molar-refractivity contribution in [2.75, 3.05) is 6.54 Å². The van der Waals surface area contributed by atoms with E-state index in [1.807, 2.05) is 6.92 Å². The molecule has 7 nitrogen and oxygen atoms in total. The smallest absolute Gasteiger partial charge is 0.258 e. The second-order valence-corrected chi connectivity index (χ2v) is 7.88. The molecule has 8 heteroatoms. The highest BCUT2D eigenvalue weighted by molar-refractivity contribution is 6.06. The quantitative estimate of drug-likeness (QED) is 0.482. The number of likely N-dealkylation sites (tertiary alicyclic amines) is 1. The molecule has 0 spiro atoms. The first kappa shape index (κ1) is 19.4. The fraction of sp³-hybridized carbons (Fsp3) is 0.304. The lowest BCUT2D eigenvalue weighted by Crippen LogP contribution is -2.31. The summed E-state index contributed by atoms with van der Waals surface area (Å²) in [6, 6.07) is 7.84. The molecule has 31 heavy (non-hydrogen) atoms. The molecule has 0 bridgehead atoms. The van der Waals surface area contributed by atoms with E-state index in [1.165, 1.54) is 12.1 Å². The van der Waals surface area contributed by atoms with Gasteiger partial charge >= 0.3 is 0 Å². The monoisotopic (exact) mass is 420 g/mol. The lowest BCUT2D eigenvalue weighted by molar-refractivity contribution is 0.0716. The third-order valence-corrected chi connectivity index (χ3v) is 5.64. The number of hydrogen-bond acceptors (Lipinski definition) is 6. The van der Waals surface area contributed by atoms with Crippen molar-refractivity contribution in [3.05, 3.63) is 76.5 Å². The van der Waals surface area contributed by atoms with Gasteiger partial charge in [0.15, 0.2) is 0 Å². The first-order chi connectivity index (χ1) is 15.0. The van der Waals surface area contributed by atoms with Gasteiger partial charge in [-0.15, -0.1) is 0 Å². The van der Waals surface area contributed by atoms with Gasteiger partial charge in [-0.3, -0.25) is 4.79 Å². The molecule has 1 fully saturated rings. The highest BCUT2D eigenvalue weighted by atomic mass is 19.1. The van der Waals surface area contributed by atoms with Gasteiger partial charge in [0.25, 0.3) is 11.6 Å². The van der Waals surface area contributed by atoms with E-state index in [2.05, 4.69) is 15.1 Å². The molecule has 1 atom stereocenters. The van der Waals surface area contributed by atoms with Crippen LogP contribution in [-0.4, -0.2) is 32.5 Å². The summed E-state index contributed by atoms with van der Waals surface area (Å²) in [6.45, 7) is 4.24. The number of rotatable bonds is 4. The maximum absolute atomic E-state index is 13.5. The molecule has 5 rings (SSSR count). The van der Waals surface area contributed by atoms with Crippen LogP contribution in [-0.2, 0) is 6.42 Å². The Balaban J connectivity index is 1.42. The van der Waals surface area contributed by atoms with Crippen LogP contribution in [0.15, 0.2) is 45.5 Å². The molecule has 1 saturated heterocycles.